The number of hydrogen-bond acceptors (Lipinski definition) is 6. The number of benzene rings is 4. The molecule has 1 heterocycles. The van der Waals surface area contributed by atoms with Crippen LogP contribution in [0.4, 0.5) is 22.1 Å². The summed E-state index contributed by atoms with van der Waals surface area (Å²) in [5.41, 5.74) is 9.03. The van der Waals surface area contributed by atoms with E-state index in [1.54, 1.807) is 42.5 Å². The Bertz CT molecular complexity index is 1810. The Kier molecular flexibility index (Phi) is 8.85. The van der Waals surface area contributed by atoms with Crippen LogP contribution in [0, 0.1) is 51.7 Å². The highest BCUT2D eigenvalue weighted by Gasteiger charge is 2.27. The first-order valence-electron chi connectivity index (χ1n) is 14.5. The first kappa shape index (κ1) is 30.8. The van der Waals surface area contributed by atoms with Gasteiger partial charge in [0.1, 0.15) is 30.4 Å². The predicted molar refractivity (Wildman–Crippen MR) is 172 cm³/mol. The van der Waals surface area contributed by atoms with Crippen LogP contribution in [0.25, 0.3) is 11.4 Å². The largest absolute Gasteiger partial charge is 0.443 e. The van der Waals surface area contributed by atoms with E-state index < -0.39 is 11.0 Å². The van der Waals surface area contributed by atoms with Crippen LogP contribution in [0.3, 0.4) is 0 Å². The van der Waals surface area contributed by atoms with Crippen molar-refractivity contribution in [3.05, 3.63) is 140 Å². The van der Waals surface area contributed by atoms with Gasteiger partial charge in [-0.3, -0.25) is 10.1 Å². The van der Waals surface area contributed by atoms with E-state index in [4.69, 9.17) is 9.85 Å². The minimum Gasteiger partial charge on any atom is -0.443 e. The molecule has 1 aromatic heterocycles. The minimum atomic E-state index is -0.835. The highest BCUT2D eigenvalue weighted by Crippen LogP contribution is 2.28. The van der Waals surface area contributed by atoms with Crippen LogP contribution in [0.1, 0.15) is 38.9 Å². The number of nitro benzene ring substituents is 1. The Labute approximate surface area is 262 Å². The van der Waals surface area contributed by atoms with Crippen LogP contribution in [0.15, 0.2) is 102 Å². The van der Waals surface area contributed by atoms with E-state index in [2.05, 4.69) is 71.0 Å². The number of imidazole rings is 1. The second-order valence-corrected chi connectivity index (χ2v) is 11.1. The zero-order valence-corrected chi connectivity index (χ0v) is 26.2. The van der Waals surface area contributed by atoms with Crippen molar-refractivity contribution >= 4 is 23.4 Å². The van der Waals surface area contributed by atoms with Crippen LogP contribution in [-0.2, 0) is 11.3 Å². The lowest BCUT2D eigenvalue weighted by Gasteiger charge is -2.15. The van der Waals surface area contributed by atoms with E-state index >= 15 is 0 Å². The summed E-state index contributed by atoms with van der Waals surface area (Å²) >= 11 is 0. The summed E-state index contributed by atoms with van der Waals surface area (Å²) in [7, 11) is 0. The van der Waals surface area contributed by atoms with Gasteiger partial charge in [-0.05, 0) is 82.0 Å². The summed E-state index contributed by atoms with van der Waals surface area (Å²) in [6.45, 7) is 12.0. The summed E-state index contributed by atoms with van der Waals surface area (Å²) < 4.78 is 9.49. The van der Waals surface area contributed by atoms with E-state index in [9.17, 15) is 14.9 Å². The molecule has 0 N–H and O–H groups in total. The van der Waals surface area contributed by atoms with E-state index in [1.807, 2.05) is 27.6 Å². The molecule has 228 valence electrons. The first-order valence-corrected chi connectivity index (χ1v) is 14.5. The fourth-order valence-electron chi connectivity index (χ4n) is 5.79. The number of aryl methyl sites for hydroxylation is 6. The standard InChI is InChI=1S/C35H35N6O4/c1-23-18-25(3)32(26(4)19-23)38-16-17-39(33-27(5)20-24(2)21-28(33)6)34(38)36-37-40(30-13-8-7-9-14-30)35(42)45-22-29-12-10-11-15-31(29)41(43)44/h7-21H,22H2,1-6H3/q+1. The van der Waals surface area contributed by atoms with Crippen LogP contribution >= 0.6 is 0 Å². The van der Waals surface area contributed by atoms with Crippen molar-refractivity contribution < 1.29 is 19.0 Å². The molecule has 4 aromatic carbocycles. The van der Waals surface area contributed by atoms with Crippen molar-refractivity contribution in [1.82, 2.24) is 4.57 Å². The molecular weight excluding hydrogens is 568 g/mol. The maximum Gasteiger partial charge on any atom is 0.438 e. The molecule has 0 aliphatic carbocycles. The topological polar surface area (TPSA) is 106 Å². The maximum absolute atomic E-state index is 13.5. The van der Waals surface area contributed by atoms with Gasteiger partial charge in [0.05, 0.1) is 21.3 Å². The fourth-order valence-corrected chi connectivity index (χ4v) is 5.79. The number of aromatic nitrogens is 2. The molecule has 0 aliphatic heterocycles. The summed E-state index contributed by atoms with van der Waals surface area (Å²) in [5.74, 6) is 0.465. The lowest BCUT2D eigenvalue weighted by atomic mass is 10.0. The lowest BCUT2D eigenvalue weighted by molar-refractivity contribution is -0.581. The predicted octanol–water partition coefficient (Wildman–Crippen LogP) is 8.35. The highest BCUT2D eigenvalue weighted by atomic mass is 16.6. The Hall–Kier alpha value is -5.64. The number of nitro groups is 1. The molecule has 0 spiro atoms. The number of ether oxygens (including phenoxy) is 1. The number of hydrogen-bond donors (Lipinski definition) is 0. The van der Waals surface area contributed by atoms with Crippen LogP contribution in [-0.4, -0.2) is 15.6 Å². The highest BCUT2D eigenvalue weighted by molar-refractivity contribution is 5.86. The second kappa shape index (κ2) is 12.9. The Morgan fingerprint density at radius 1 is 0.867 bits per heavy atom. The molecule has 0 fully saturated rings. The number of para-hydroxylation sites is 2. The molecule has 0 bridgehead atoms. The van der Waals surface area contributed by atoms with Gasteiger partial charge in [-0.25, -0.2) is 4.79 Å². The molecule has 45 heavy (non-hydrogen) atoms. The Balaban J connectivity index is 1.62. The van der Waals surface area contributed by atoms with Gasteiger partial charge >= 0.3 is 12.0 Å². The monoisotopic (exact) mass is 603 g/mol. The zero-order valence-electron chi connectivity index (χ0n) is 26.2. The zero-order chi connectivity index (χ0) is 32.2. The molecule has 0 radical (unpaired) electrons. The molecule has 1 amide bonds. The Morgan fingerprint density at radius 2 is 1.44 bits per heavy atom. The summed E-state index contributed by atoms with van der Waals surface area (Å²) in [6.07, 6.45) is 3.05. The molecule has 0 atom stereocenters. The molecule has 0 saturated heterocycles. The Morgan fingerprint density at radius 3 is 2.07 bits per heavy atom. The molecule has 10 heteroatoms. The smallest absolute Gasteiger partial charge is 0.438 e. The average molecular weight is 604 g/mol. The van der Waals surface area contributed by atoms with Crippen molar-refractivity contribution in [2.24, 2.45) is 10.3 Å². The van der Waals surface area contributed by atoms with Gasteiger partial charge in [-0.15, -0.1) is 5.01 Å². The maximum atomic E-state index is 13.5. The number of amides is 1. The van der Waals surface area contributed by atoms with E-state index in [1.165, 1.54) is 6.07 Å². The number of nitrogens with zero attached hydrogens (tertiary/aromatic N) is 6. The van der Waals surface area contributed by atoms with E-state index in [-0.39, 0.29) is 17.9 Å². The van der Waals surface area contributed by atoms with Crippen LogP contribution < -0.4 is 9.58 Å². The molecule has 0 unspecified atom stereocenters. The number of carbonyl (C=O) groups excluding carboxylic acids is 1. The summed E-state index contributed by atoms with van der Waals surface area (Å²) in [5, 5.41) is 21.7. The molecule has 0 aliphatic rings. The quantitative estimate of drug-likeness (QED) is 0.0769. The third kappa shape index (κ3) is 6.50. The molecule has 5 rings (SSSR count). The van der Waals surface area contributed by atoms with Crippen molar-refractivity contribution in [2.45, 2.75) is 48.1 Å². The van der Waals surface area contributed by atoms with Gasteiger partial charge in [0, 0.05) is 11.3 Å². The van der Waals surface area contributed by atoms with Gasteiger partial charge in [0.2, 0.25) is 0 Å². The SMILES string of the molecule is Cc1cc(C)c(-n2cc[n+](-c3c(C)cc(C)cc3C)c2N=NN(C(=O)OCc2ccccc2[N+](=O)[O-])c2ccccc2)c(C)c1. The van der Waals surface area contributed by atoms with Gasteiger partial charge in [-0.1, -0.05) is 65.7 Å². The number of anilines is 1. The summed E-state index contributed by atoms with van der Waals surface area (Å²) in [4.78, 5) is 24.5. The van der Waals surface area contributed by atoms with Gasteiger partial charge in [-0.2, -0.15) is 9.13 Å². The van der Waals surface area contributed by atoms with Crippen molar-refractivity contribution in [3.63, 3.8) is 0 Å². The third-order valence-electron chi connectivity index (χ3n) is 7.49. The molecule has 10 nitrogen and oxygen atoms in total. The molecular formula is C35H35N6O4+. The summed E-state index contributed by atoms with van der Waals surface area (Å²) in [6, 6.07) is 23.4. The van der Waals surface area contributed by atoms with Gasteiger partial charge in [0.15, 0.2) is 0 Å². The minimum absolute atomic E-state index is 0.135. The van der Waals surface area contributed by atoms with Gasteiger partial charge in [0.25, 0.3) is 5.69 Å². The normalized spacial score (nSPS) is 11.2. The number of rotatable bonds is 8. The second-order valence-electron chi connectivity index (χ2n) is 11.1. The fraction of sp³-hybridized carbons (Fsp3) is 0.200. The van der Waals surface area contributed by atoms with Gasteiger partial charge < -0.3 is 4.74 Å². The third-order valence-corrected chi connectivity index (χ3v) is 7.49. The van der Waals surface area contributed by atoms with Crippen molar-refractivity contribution in [1.29, 1.82) is 0 Å². The average Bonchev–Trinajstić information content (AvgIpc) is 3.38. The van der Waals surface area contributed by atoms with E-state index in [0.717, 1.165) is 49.8 Å². The van der Waals surface area contributed by atoms with Crippen molar-refractivity contribution in [3.8, 4) is 11.4 Å². The molecule has 5 aromatic rings. The number of carbonyl (C=O) groups is 1. The van der Waals surface area contributed by atoms with Crippen molar-refractivity contribution in [2.75, 3.05) is 5.01 Å². The van der Waals surface area contributed by atoms with E-state index in [0.29, 0.717) is 11.6 Å². The van der Waals surface area contributed by atoms with Crippen LogP contribution in [0.2, 0.25) is 0 Å². The molecule has 0 saturated carbocycles. The first-order chi connectivity index (χ1) is 21.5. The lowest BCUT2D eigenvalue weighted by Crippen LogP contribution is -2.32. The van der Waals surface area contributed by atoms with Crippen LogP contribution in [0.5, 0.6) is 0 Å².